The van der Waals surface area contributed by atoms with Gasteiger partial charge in [0.1, 0.15) is 6.04 Å². The summed E-state index contributed by atoms with van der Waals surface area (Å²) in [6, 6.07) is 4.27. The second-order valence-corrected chi connectivity index (χ2v) is 7.68. The third-order valence-corrected chi connectivity index (χ3v) is 5.45. The molecule has 0 saturated heterocycles. The minimum Gasteiger partial charge on any atom is -0.480 e. The fraction of sp³-hybridized carbons (Fsp3) is 0.529. The van der Waals surface area contributed by atoms with E-state index in [0.29, 0.717) is 19.3 Å². The zero-order chi connectivity index (χ0) is 19.0. The topological polar surface area (TPSA) is 113 Å². The molecule has 0 aromatic heterocycles. The molecule has 7 nitrogen and oxygen atoms in total. The highest BCUT2D eigenvalue weighted by atomic mass is 32.2. The Morgan fingerprint density at radius 3 is 2.24 bits per heavy atom. The Bertz CT molecular complexity index is 685. The smallest absolute Gasteiger partial charge is 0.326 e. The molecule has 1 unspecified atom stereocenters. The van der Waals surface area contributed by atoms with Crippen LogP contribution in [0.5, 0.6) is 0 Å². The standard InChI is InChI=1S/C17H26N2O5S/c1-4-6-7-15(17(21)22)18-16(20)13-8-10-14(11-9-13)25(23,24)19-12(3)5-2/h8-12,15,19H,4-7H2,1-3H3,(H,18,20)(H,21,22)/t12?,15-/m0/s1. The summed E-state index contributed by atoms with van der Waals surface area (Å²) in [6.45, 7) is 5.58. The fourth-order valence-corrected chi connectivity index (χ4v) is 3.44. The molecule has 0 bridgehead atoms. The van der Waals surface area contributed by atoms with Crippen LogP contribution in [0.4, 0.5) is 0 Å². The number of hydrogen-bond acceptors (Lipinski definition) is 4. The molecule has 1 aromatic rings. The van der Waals surface area contributed by atoms with Gasteiger partial charge in [-0.3, -0.25) is 4.79 Å². The Hall–Kier alpha value is -1.93. The number of aliphatic carboxylic acids is 1. The van der Waals surface area contributed by atoms with Crippen molar-refractivity contribution in [1.29, 1.82) is 0 Å². The predicted octanol–water partition coefficient (Wildman–Crippen LogP) is 2.14. The van der Waals surface area contributed by atoms with Gasteiger partial charge in [0.2, 0.25) is 10.0 Å². The van der Waals surface area contributed by atoms with E-state index in [9.17, 15) is 18.0 Å². The summed E-state index contributed by atoms with van der Waals surface area (Å²) in [5.41, 5.74) is 0.213. The van der Waals surface area contributed by atoms with E-state index in [4.69, 9.17) is 5.11 Å². The molecule has 0 saturated carbocycles. The molecular formula is C17H26N2O5S. The first-order valence-corrected chi connectivity index (χ1v) is 9.85. The number of carboxylic acids is 1. The minimum absolute atomic E-state index is 0.0603. The number of carbonyl (C=O) groups excluding carboxylic acids is 1. The van der Waals surface area contributed by atoms with Crippen LogP contribution in [-0.2, 0) is 14.8 Å². The van der Waals surface area contributed by atoms with Gasteiger partial charge in [-0.15, -0.1) is 0 Å². The van der Waals surface area contributed by atoms with Gasteiger partial charge in [0.25, 0.3) is 5.91 Å². The largest absolute Gasteiger partial charge is 0.480 e. The SMILES string of the molecule is CCCC[C@H](NC(=O)c1ccc(S(=O)(=O)NC(C)CC)cc1)C(=O)O. The minimum atomic E-state index is -3.64. The normalized spacial score (nSPS) is 13.9. The molecule has 0 fully saturated rings. The van der Waals surface area contributed by atoms with E-state index in [0.717, 1.165) is 6.42 Å². The number of carbonyl (C=O) groups is 2. The third kappa shape index (κ3) is 6.47. The van der Waals surface area contributed by atoms with Crippen LogP contribution in [0, 0.1) is 0 Å². The number of rotatable bonds is 10. The molecule has 0 aliphatic rings. The highest BCUT2D eigenvalue weighted by molar-refractivity contribution is 7.89. The summed E-state index contributed by atoms with van der Waals surface area (Å²) in [5, 5.41) is 11.6. The molecule has 0 spiro atoms. The summed E-state index contributed by atoms with van der Waals surface area (Å²) in [4.78, 5) is 23.4. The van der Waals surface area contributed by atoms with E-state index in [2.05, 4.69) is 10.0 Å². The van der Waals surface area contributed by atoms with Crippen LogP contribution >= 0.6 is 0 Å². The summed E-state index contributed by atoms with van der Waals surface area (Å²) in [7, 11) is -3.64. The first-order chi connectivity index (χ1) is 11.7. The number of benzene rings is 1. The maximum atomic E-state index is 12.2. The number of carboxylic acid groups (broad SMARTS) is 1. The third-order valence-electron chi connectivity index (χ3n) is 3.85. The highest BCUT2D eigenvalue weighted by Gasteiger charge is 2.21. The average Bonchev–Trinajstić information content (AvgIpc) is 2.57. The summed E-state index contributed by atoms with van der Waals surface area (Å²) < 4.78 is 26.9. The molecular weight excluding hydrogens is 344 g/mol. The van der Waals surface area contributed by atoms with Gasteiger partial charge in [-0.2, -0.15) is 0 Å². The lowest BCUT2D eigenvalue weighted by atomic mass is 10.1. The van der Waals surface area contributed by atoms with Crippen LogP contribution in [0.15, 0.2) is 29.2 Å². The van der Waals surface area contributed by atoms with Gasteiger partial charge in [-0.05, 0) is 44.0 Å². The summed E-state index contributed by atoms with van der Waals surface area (Å²) in [5.74, 6) is -1.62. The number of sulfonamides is 1. The molecule has 1 rings (SSSR count). The summed E-state index contributed by atoms with van der Waals surface area (Å²) in [6.07, 6.45) is 2.53. The van der Waals surface area contributed by atoms with Crippen LogP contribution in [-0.4, -0.2) is 37.5 Å². The van der Waals surface area contributed by atoms with Crippen LogP contribution < -0.4 is 10.0 Å². The monoisotopic (exact) mass is 370 g/mol. The average molecular weight is 370 g/mol. The highest BCUT2D eigenvalue weighted by Crippen LogP contribution is 2.12. The van der Waals surface area contributed by atoms with E-state index < -0.39 is 27.9 Å². The maximum Gasteiger partial charge on any atom is 0.326 e. The lowest BCUT2D eigenvalue weighted by Crippen LogP contribution is -2.40. The van der Waals surface area contributed by atoms with Crippen LogP contribution in [0.25, 0.3) is 0 Å². The first kappa shape index (κ1) is 21.1. The Kier molecular flexibility index (Phi) is 8.05. The fourth-order valence-electron chi connectivity index (χ4n) is 2.11. The number of hydrogen-bond donors (Lipinski definition) is 3. The van der Waals surface area contributed by atoms with E-state index in [-0.39, 0.29) is 16.5 Å². The molecule has 8 heteroatoms. The van der Waals surface area contributed by atoms with Crippen molar-refractivity contribution in [2.75, 3.05) is 0 Å². The number of nitrogens with one attached hydrogen (secondary N) is 2. The van der Waals surface area contributed by atoms with Crippen LogP contribution in [0.1, 0.15) is 56.8 Å². The molecule has 1 amide bonds. The van der Waals surface area contributed by atoms with Crippen LogP contribution in [0.2, 0.25) is 0 Å². The Labute approximate surface area is 148 Å². The lowest BCUT2D eigenvalue weighted by molar-refractivity contribution is -0.139. The van der Waals surface area contributed by atoms with E-state index in [1.165, 1.54) is 24.3 Å². The first-order valence-electron chi connectivity index (χ1n) is 8.37. The molecule has 0 aliphatic carbocycles. The number of amides is 1. The van der Waals surface area contributed by atoms with Gasteiger partial charge >= 0.3 is 5.97 Å². The van der Waals surface area contributed by atoms with E-state index in [1.807, 2.05) is 13.8 Å². The van der Waals surface area contributed by atoms with Gasteiger partial charge in [0.15, 0.2) is 0 Å². The quantitative estimate of drug-likeness (QED) is 0.584. The molecule has 1 aromatic carbocycles. The molecule has 2 atom stereocenters. The van der Waals surface area contributed by atoms with E-state index >= 15 is 0 Å². The molecule has 3 N–H and O–H groups in total. The van der Waals surface area contributed by atoms with Crippen molar-refractivity contribution in [1.82, 2.24) is 10.0 Å². The second kappa shape index (κ2) is 9.53. The van der Waals surface area contributed by atoms with Crippen molar-refractivity contribution in [3.63, 3.8) is 0 Å². The Morgan fingerprint density at radius 2 is 1.76 bits per heavy atom. The zero-order valence-corrected chi connectivity index (χ0v) is 15.6. The van der Waals surface area contributed by atoms with Crippen LogP contribution in [0.3, 0.4) is 0 Å². The molecule has 140 valence electrons. The van der Waals surface area contributed by atoms with Crippen molar-refractivity contribution in [3.8, 4) is 0 Å². The second-order valence-electron chi connectivity index (χ2n) is 5.96. The molecule has 0 heterocycles. The zero-order valence-electron chi connectivity index (χ0n) is 14.8. The molecule has 0 aliphatic heterocycles. The van der Waals surface area contributed by atoms with Gasteiger partial charge in [0.05, 0.1) is 4.90 Å². The predicted molar refractivity (Wildman–Crippen MR) is 94.9 cm³/mol. The van der Waals surface area contributed by atoms with E-state index in [1.54, 1.807) is 6.92 Å². The molecule has 25 heavy (non-hydrogen) atoms. The lowest BCUT2D eigenvalue weighted by Gasteiger charge is -2.15. The summed E-state index contributed by atoms with van der Waals surface area (Å²) >= 11 is 0. The van der Waals surface area contributed by atoms with Crippen molar-refractivity contribution in [3.05, 3.63) is 29.8 Å². The van der Waals surface area contributed by atoms with Gasteiger partial charge < -0.3 is 10.4 Å². The van der Waals surface area contributed by atoms with Gasteiger partial charge in [0, 0.05) is 11.6 Å². The van der Waals surface area contributed by atoms with Crippen molar-refractivity contribution < 1.29 is 23.1 Å². The molecule has 0 radical (unpaired) electrons. The van der Waals surface area contributed by atoms with Crippen molar-refractivity contribution in [2.45, 2.75) is 63.4 Å². The van der Waals surface area contributed by atoms with Gasteiger partial charge in [-0.1, -0.05) is 26.7 Å². The Morgan fingerprint density at radius 1 is 1.16 bits per heavy atom. The van der Waals surface area contributed by atoms with Gasteiger partial charge in [-0.25, -0.2) is 17.9 Å². The maximum absolute atomic E-state index is 12.2. The van der Waals surface area contributed by atoms with Crippen molar-refractivity contribution >= 4 is 21.9 Å². The van der Waals surface area contributed by atoms with Crippen molar-refractivity contribution in [2.24, 2.45) is 0 Å². The number of unbranched alkanes of at least 4 members (excludes halogenated alkanes) is 1. The Balaban J connectivity index is 2.84.